The van der Waals surface area contributed by atoms with Gasteiger partial charge in [0.1, 0.15) is 0 Å². The molecule has 2 aromatic heterocycles. The largest absolute Gasteiger partial charge is 0.359 e. The number of hydrogen-bond donors (Lipinski definition) is 1. The van der Waals surface area contributed by atoms with Crippen LogP contribution in [-0.2, 0) is 0 Å². The van der Waals surface area contributed by atoms with E-state index in [4.69, 9.17) is 0 Å². The van der Waals surface area contributed by atoms with Gasteiger partial charge in [-0.05, 0) is 69.0 Å². The highest BCUT2D eigenvalue weighted by Gasteiger charge is 2.24. The van der Waals surface area contributed by atoms with Gasteiger partial charge >= 0.3 is 0 Å². The zero-order valence-corrected chi connectivity index (χ0v) is 20.5. The summed E-state index contributed by atoms with van der Waals surface area (Å²) in [5, 5.41) is 14.1. The van der Waals surface area contributed by atoms with Gasteiger partial charge in [-0.2, -0.15) is 0 Å². The molecule has 4 heterocycles. The molecular formula is C26H36N6S. The van der Waals surface area contributed by atoms with E-state index < -0.39 is 0 Å². The van der Waals surface area contributed by atoms with Gasteiger partial charge in [-0.15, -0.1) is 10.2 Å². The Morgan fingerprint density at radius 3 is 2.48 bits per heavy atom. The van der Waals surface area contributed by atoms with Crippen molar-refractivity contribution in [3.05, 3.63) is 73.4 Å². The molecule has 0 saturated carbocycles. The summed E-state index contributed by atoms with van der Waals surface area (Å²) < 4.78 is 2.00. The smallest absolute Gasteiger partial charge is 0.218 e. The molecule has 0 unspecified atom stereocenters. The molecule has 2 fully saturated rings. The molecule has 0 amide bonds. The quantitative estimate of drug-likeness (QED) is 0.529. The average Bonchev–Trinajstić information content (AvgIpc) is 3.54. The molecule has 0 aliphatic carbocycles. The lowest BCUT2D eigenvalue weighted by Crippen LogP contribution is -2.35. The maximum Gasteiger partial charge on any atom is 0.218 e. The summed E-state index contributed by atoms with van der Waals surface area (Å²) >= 11 is 1.64. The number of anilines is 1. The van der Waals surface area contributed by atoms with Gasteiger partial charge in [0.25, 0.3) is 0 Å². The van der Waals surface area contributed by atoms with Gasteiger partial charge in [0, 0.05) is 49.3 Å². The van der Waals surface area contributed by atoms with Crippen LogP contribution in [0.4, 0.5) is 5.13 Å². The number of hydrogen-bond acceptors (Lipinski definition) is 6. The summed E-state index contributed by atoms with van der Waals surface area (Å²) in [4.78, 5) is 4.86. The van der Waals surface area contributed by atoms with Crippen LogP contribution in [0.1, 0.15) is 32.6 Å². The van der Waals surface area contributed by atoms with Crippen LogP contribution in [0.3, 0.4) is 0 Å². The zero-order valence-electron chi connectivity index (χ0n) is 19.7. The summed E-state index contributed by atoms with van der Waals surface area (Å²) in [7, 11) is 0. The van der Waals surface area contributed by atoms with Crippen LogP contribution in [-0.4, -0.2) is 52.4 Å². The van der Waals surface area contributed by atoms with E-state index in [2.05, 4.69) is 63.6 Å². The first-order valence-corrected chi connectivity index (χ1v) is 12.8. The second kappa shape index (κ2) is 11.5. The molecule has 0 atom stereocenters. The molecule has 2 aromatic rings. The second-order valence-corrected chi connectivity index (χ2v) is 10.0. The molecule has 0 spiro atoms. The topological polar surface area (TPSA) is 49.2 Å². The molecule has 6 nitrogen and oxygen atoms in total. The third kappa shape index (κ3) is 6.45. The molecule has 0 radical (unpaired) electrons. The highest BCUT2D eigenvalue weighted by molar-refractivity contribution is 7.17. The fourth-order valence-electron chi connectivity index (χ4n) is 4.40. The van der Waals surface area contributed by atoms with Gasteiger partial charge in [-0.25, -0.2) is 0 Å². The Balaban J connectivity index is 1.22. The predicted octanol–water partition coefficient (Wildman–Crippen LogP) is 5.01. The fourth-order valence-corrected chi connectivity index (χ4v) is 5.26. The van der Waals surface area contributed by atoms with E-state index in [1.165, 1.54) is 25.9 Å². The van der Waals surface area contributed by atoms with Crippen LogP contribution in [0.5, 0.6) is 0 Å². The minimum atomic E-state index is 0.445. The van der Waals surface area contributed by atoms with Gasteiger partial charge in [0.15, 0.2) is 0 Å². The summed E-state index contributed by atoms with van der Waals surface area (Å²) in [6.45, 7) is 16.0. The number of nitrogens with zero attached hydrogens (tertiary/aromatic N) is 5. The van der Waals surface area contributed by atoms with Gasteiger partial charge < -0.3 is 10.2 Å². The van der Waals surface area contributed by atoms with Gasteiger partial charge in [0.05, 0.1) is 0 Å². The molecule has 2 saturated heterocycles. The lowest BCUT2D eigenvalue weighted by Gasteiger charge is -2.32. The summed E-state index contributed by atoms with van der Waals surface area (Å²) in [5.41, 5.74) is 2.08. The Morgan fingerprint density at radius 1 is 1.09 bits per heavy atom. The summed E-state index contributed by atoms with van der Waals surface area (Å²) in [6, 6.07) is 4.00. The van der Waals surface area contributed by atoms with Crippen LogP contribution >= 0.6 is 11.3 Å². The maximum atomic E-state index is 4.41. The lowest BCUT2D eigenvalue weighted by molar-refractivity contribution is 0.210. The monoisotopic (exact) mass is 464 g/mol. The SMILES string of the molecule is C=C/C(=C\C=C\CN1CCC(C)CC1)NC(=C)C1CCN(c2nnc(-n3cccc3)s2)CC1. The Morgan fingerprint density at radius 2 is 1.79 bits per heavy atom. The van der Waals surface area contributed by atoms with Gasteiger partial charge in [-0.3, -0.25) is 9.47 Å². The van der Waals surface area contributed by atoms with E-state index in [9.17, 15) is 0 Å². The van der Waals surface area contributed by atoms with Gasteiger partial charge in [-0.1, -0.05) is 43.6 Å². The fraction of sp³-hybridized carbons (Fsp3) is 0.462. The first-order chi connectivity index (χ1) is 16.1. The van der Waals surface area contributed by atoms with Crippen molar-refractivity contribution in [3.63, 3.8) is 0 Å². The van der Waals surface area contributed by atoms with E-state index in [-0.39, 0.29) is 0 Å². The third-order valence-electron chi connectivity index (χ3n) is 6.66. The highest BCUT2D eigenvalue weighted by Crippen LogP contribution is 2.29. The van der Waals surface area contributed by atoms with Crippen molar-refractivity contribution in [3.8, 4) is 5.13 Å². The van der Waals surface area contributed by atoms with Crippen molar-refractivity contribution in [2.75, 3.05) is 37.6 Å². The maximum absolute atomic E-state index is 4.41. The molecule has 0 bridgehead atoms. The molecule has 2 aliphatic heterocycles. The normalized spacial score (nSPS) is 19.3. The Hall–Kier alpha value is -2.64. The Bertz CT molecular complexity index is 957. The van der Waals surface area contributed by atoms with Crippen LogP contribution in [0.2, 0.25) is 0 Å². The predicted molar refractivity (Wildman–Crippen MR) is 139 cm³/mol. The van der Waals surface area contributed by atoms with E-state index in [1.54, 1.807) is 11.3 Å². The standard InChI is InChI=1S/C26H36N6S/c1-4-24(9-5-6-14-30-17-10-21(2)11-18-30)27-22(3)23-12-19-32(20-13-23)26-29-28-25(33-26)31-15-7-8-16-31/h4-9,15-16,21,23,27H,1,3,10-14,17-20H2,2H3/b6-5+,24-9+. The van der Waals surface area contributed by atoms with Crippen molar-refractivity contribution >= 4 is 16.5 Å². The first kappa shape index (κ1) is 23.5. The van der Waals surface area contributed by atoms with Crippen molar-refractivity contribution in [1.82, 2.24) is 25.0 Å². The molecule has 7 heteroatoms. The molecule has 0 aromatic carbocycles. The molecule has 33 heavy (non-hydrogen) atoms. The number of piperidine rings is 2. The first-order valence-electron chi connectivity index (χ1n) is 12.0. The van der Waals surface area contributed by atoms with Crippen LogP contribution in [0, 0.1) is 11.8 Å². The van der Waals surface area contributed by atoms with E-state index in [0.717, 1.165) is 60.1 Å². The van der Waals surface area contributed by atoms with E-state index in [0.29, 0.717) is 5.92 Å². The second-order valence-electron chi connectivity index (χ2n) is 9.11. The summed E-state index contributed by atoms with van der Waals surface area (Å²) in [6.07, 6.45) is 17.1. The molecule has 176 valence electrons. The lowest BCUT2D eigenvalue weighted by atomic mass is 9.94. The van der Waals surface area contributed by atoms with Crippen LogP contribution in [0.15, 0.2) is 73.4 Å². The number of aromatic nitrogens is 3. The van der Waals surface area contributed by atoms with Crippen LogP contribution in [0.25, 0.3) is 5.13 Å². The van der Waals surface area contributed by atoms with Crippen molar-refractivity contribution in [1.29, 1.82) is 0 Å². The summed E-state index contributed by atoms with van der Waals surface area (Å²) in [5.74, 6) is 1.32. The molecule has 2 aliphatic rings. The number of nitrogens with one attached hydrogen (secondary N) is 1. The van der Waals surface area contributed by atoms with E-state index in [1.807, 2.05) is 35.2 Å². The average molecular weight is 465 g/mol. The van der Waals surface area contributed by atoms with E-state index >= 15 is 0 Å². The Labute approximate surface area is 202 Å². The minimum absolute atomic E-state index is 0.445. The van der Waals surface area contributed by atoms with Crippen molar-refractivity contribution < 1.29 is 0 Å². The number of allylic oxidation sites excluding steroid dienone is 4. The highest BCUT2D eigenvalue weighted by atomic mass is 32.1. The van der Waals surface area contributed by atoms with Crippen molar-refractivity contribution in [2.45, 2.75) is 32.6 Å². The molecule has 4 rings (SSSR count). The third-order valence-corrected chi connectivity index (χ3v) is 7.66. The minimum Gasteiger partial charge on any atom is -0.359 e. The van der Waals surface area contributed by atoms with Gasteiger partial charge in [0.2, 0.25) is 10.3 Å². The van der Waals surface area contributed by atoms with Crippen molar-refractivity contribution in [2.24, 2.45) is 11.8 Å². The zero-order chi connectivity index (χ0) is 23.0. The molecule has 1 N–H and O–H groups in total. The number of rotatable bonds is 9. The number of likely N-dealkylation sites (tertiary alicyclic amines) is 1. The Kier molecular flexibility index (Phi) is 8.18. The molecular weight excluding hydrogens is 428 g/mol. The van der Waals surface area contributed by atoms with Crippen LogP contribution < -0.4 is 10.2 Å².